The molecule has 0 fully saturated rings. The monoisotopic (exact) mass is 343 g/mol. The summed E-state index contributed by atoms with van der Waals surface area (Å²) in [5, 5.41) is 11.7. The molecule has 2 aromatic rings. The lowest BCUT2D eigenvalue weighted by Gasteiger charge is -2.13. The molecule has 1 amide bonds. The van der Waals surface area contributed by atoms with Crippen molar-refractivity contribution in [2.45, 2.75) is 12.5 Å². The number of benzene rings is 2. The lowest BCUT2D eigenvalue weighted by Crippen LogP contribution is -2.41. The minimum atomic E-state index is -1.15. The van der Waals surface area contributed by atoms with Crippen LogP contribution in [0.3, 0.4) is 0 Å². The number of carbonyl (C=O) groups excluding carboxylic acids is 1. The molecule has 0 heterocycles. The van der Waals surface area contributed by atoms with E-state index in [9.17, 15) is 19.1 Å². The van der Waals surface area contributed by atoms with Crippen molar-refractivity contribution < 1.29 is 23.8 Å². The lowest BCUT2D eigenvalue weighted by atomic mass is 10.1. The average Bonchev–Trinajstić information content (AvgIpc) is 2.61. The van der Waals surface area contributed by atoms with Gasteiger partial charge in [0.05, 0.1) is 7.11 Å². The number of carboxylic acid groups (broad SMARTS) is 1. The number of amides is 1. The van der Waals surface area contributed by atoms with Crippen LogP contribution in [0.5, 0.6) is 5.75 Å². The van der Waals surface area contributed by atoms with Gasteiger partial charge in [-0.15, -0.1) is 0 Å². The number of carboxylic acids is 1. The molecule has 0 bridgehead atoms. The fourth-order valence-electron chi connectivity index (χ4n) is 2.19. The van der Waals surface area contributed by atoms with Crippen molar-refractivity contribution in [3.63, 3.8) is 0 Å². The Morgan fingerprint density at radius 3 is 2.48 bits per heavy atom. The molecule has 0 spiro atoms. The SMILES string of the molecule is COc1ccc(C[C@H](NC(=O)/C=C/c2ccccc2F)C(=O)O)cc1. The largest absolute Gasteiger partial charge is 0.497 e. The van der Waals surface area contributed by atoms with Crippen molar-refractivity contribution in [1.29, 1.82) is 0 Å². The van der Waals surface area contributed by atoms with Gasteiger partial charge in [0.1, 0.15) is 17.6 Å². The van der Waals surface area contributed by atoms with Gasteiger partial charge in [-0.2, -0.15) is 0 Å². The van der Waals surface area contributed by atoms with Crippen LogP contribution in [0.25, 0.3) is 6.08 Å². The Labute approximate surface area is 144 Å². The Kier molecular flexibility index (Phi) is 6.28. The van der Waals surface area contributed by atoms with Gasteiger partial charge in [-0.3, -0.25) is 4.79 Å². The van der Waals surface area contributed by atoms with Crippen LogP contribution in [-0.2, 0) is 16.0 Å². The zero-order chi connectivity index (χ0) is 18.2. The molecule has 1 atom stereocenters. The van der Waals surface area contributed by atoms with Crippen molar-refractivity contribution in [3.05, 3.63) is 71.6 Å². The number of carbonyl (C=O) groups is 2. The Morgan fingerprint density at radius 1 is 1.20 bits per heavy atom. The molecule has 0 saturated heterocycles. The molecule has 0 aliphatic carbocycles. The van der Waals surface area contributed by atoms with Crippen LogP contribution in [0.4, 0.5) is 4.39 Å². The average molecular weight is 343 g/mol. The second-order valence-corrected chi connectivity index (χ2v) is 5.31. The summed E-state index contributed by atoms with van der Waals surface area (Å²) in [5.74, 6) is -1.56. The van der Waals surface area contributed by atoms with Gasteiger partial charge in [-0.1, -0.05) is 30.3 Å². The number of aliphatic carboxylic acids is 1. The zero-order valence-corrected chi connectivity index (χ0v) is 13.6. The maximum atomic E-state index is 13.5. The predicted octanol–water partition coefficient (Wildman–Crippen LogP) is 2.66. The summed E-state index contributed by atoms with van der Waals surface area (Å²) in [5.41, 5.74) is 0.992. The first kappa shape index (κ1) is 18.2. The molecule has 2 rings (SSSR count). The van der Waals surface area contributed by atoms with Crippen LogP contribution in [0, 0.1) is 5.82 Å². The van der Waals surface area contributed by atoms with Crippen molar-refractivity contribution in [2.75, 3.05) is 7.11 Å². The summed E-state index contributed by atoms with van der Waals surface area (Å²) in [6.45, 7) is 0. The van der Waals surface area contributed by atoms with Crippen LogP contribution in [0.15, 0.2) is 54.6 Å². The van der Waals surface area contributed by atoms with E-state index in [2.05, 4.69) is 5.32 Å². The minimum absolute atomic E-state index is 0.124. The van der Waals surface area contributed by atoms with Gasteiger partial charge in [-0.05, 0) is 29.8 Å². The molecule has 0 saturated carbocycles. The van der Waals surface area contributed by atoms with Crippen LogP contribution in [0.1, 0.15) is 11.1 Å². The lowest BCUT2D eigenvalue weighted by molar-refractivity contribution is -0.141. The van der Waals surface area contributed by atoms with E-state index >= 15 is 0 Å². The van der Waals surface area contributed by atoms with Crippen molar-refractivity contribution in [2.24, 2.45) is 0 Å². The molecule has 0 aromatic heterocycles. The van der Waals surface area contributed by atoms with Crippen LogP contribution in [-0.4, -0.2) is 30.1 Å². The molecule has 0 unspecified atom stereocenters. The highest BCUT2D eigenvalue weighted by molar-refractivity contribution is 5.94. The minimum Gasteiger partial charge on any atom is -0.497 e. The molecular formula is C19H18FNO4. The summed E-state index contributed by atoms with van der Waals surface area (Å²) in [6.07, 6.45) is 2.54. The van der Waals surface area contributed by atoms with E-state index in [-0.39, 0.29) is 12.0 Å². The third-order valence-corrected chi connectivity index (χ3v) is 3.53. The zero-order valence-electron chi connectivity index (χ0n) is 13.6. The summed E-state index contributed by atoms with van der Waals surface area (Å²) < 4.78 is 18.5. The second-order valence-electron chi connectivity index (χ2n) is 5.31. The third-order valence-electron chi connectivity index (χ3n) is 3.53. The normalized spacial score (nSPS) is 11.9. The Balaban J connectivity index is 2.01. The topological polar surface area (TPSA) is 75.6 Å². The van der Waals surface area contributed by atoms with Gasteiger partial charge < -0.3 is 15.2 Å². The maximum absolute atomic E-state index is 13.5. The number of methoxy groups -OCH3 is 1. The van der Waals surface area contributed by atoms with Crippen LogP contribution in [0.2, 0.25) is 0 Å². The Hall–Kier alpha value is -3.15. The van der Waals surface area contributed by atoms with Crippen LogP contribution >= 0.6 is 0 Å². The standard InChI is InChI=1S/C19H18FNO4/c1-25-15-9-6-13(7-10-15)12-17(19(23)24)21-18(22)11-8-14-4-2-3-5-16(14)20/h2-11,17H,12H2,1H3,(H,21,22)(H,23,24)/b11-8+/t17-/m0/s1. The van der Waals surface area contributed by atoms with E-state index in [4.69, 9.17) is 4.74 Å². The second kappa shape index (κ2) is 8.63. The van der Waals surface area contributed by atoms with E-state index in [0.717, 1.165) is 11.6 Å². The van der Waals surface area contributed by atoms with Gasteiger partial charge >= 0.3 is 5.97 Å². The molecule has 6 heteroatoms. The first-order valence-corrected chi connectivity index (χ1v) is 7.58. The van der Waals surface area contributed by atoms with Crippen molar-refractivity contribution in [1.82, 2.24) is 5.32 Å². The molecule has 25 heavy (non-hydrogen) atoms. The number of rotatable bonds is 7. The van der Waals surface area contributed by atoms with Gasteiger partial charge in [0.15, 0.2) is 0 Å². The highest BCUT2D eigenvalue weighted by Crippen LogP contribution is 2.13. The van der Waals surface area contributed by atoms with Gasteiger partial charge in [-0.25, -0.2) is 9.18 Å². The fraction of sp³-hybridized carbons (Fsp3) is 0.158. The third kappa shape index (κ3) is 5.46. The summed E-state index contributed by atoms with van der Waals surface area (Å²) in [6, 6.07) is 11.8. The van der Waals surface area contributed by atoms with Crippen molar-refractivity contribution in [3.8, 4) is 5.75 Å². The van der Waals surface area contributed by atoms with Gasteiger partial charge in [0.2, 0.25) is 5.91 Å². The molecule has 0 aliphatic rings. The Bertz CT molecular complexity index is 771. The highest BCUT2D eigenvalue weighted by atomic mass is 19.1. The molecule has 0 radical (unpaired) electrons. The highest BCUT2D eigenvalue weighted by Gasteiger charge is 2.19. The van der Waals surface area contributed by atoms with E-state index in [1.165, 1.54) is 25.3 Å². The van der Waals surface area contributed by atoms with E-state index < -0.39 is 23.7 Å². The fourth-order valence-corrected chi connectivity index (χ4v) is 2.19. The first-order valence-electron chi connectivity index (χ1n) is 7.58. The maximum Gasteiger partial charge on any atom is 0.326 e. The summed E-state index contributed by atoms with van der Waals surface area (Å²) >= 11 is 0. The van der Waals surface area contributed by atoms with Gasteiger partial charge in [0.25, 0.3) is 0 Å². The number of hydrogen-bond acceptors (Lipinski definition) is 3. The summed E-state index contributed by atoms with van der Waals surface area (Å²) in [4.78, 5) is 23.3. The first-order chi connectivity index (χ1) is 12.0. The van der Waals surface area contributed by atoms with E-state index in [1.807, 2.05) is 0 Å². The number of nitrogens with one attached hydrogen (secondary N) is 1. The Morgan fingerprint density at radius 2 is 1.88 bits per heavy atom. The summed E-state index contributed by atoms with van der Waals surface area (Å²) in [7, 11) is 1.54. The van der Waals surface area contributed by atoms with Crippen molar-refractivity contribution >= 4 is 18.0 Å². The number of ether oxygens (including phenoxy) is 1. The van der Waals surface area contributed by atoms with Crippen LogP contribution < -0.4 is 10.1 Å². The van der Waals surface area contributed by atoms with E-state index in [1.54, 1.807) is 36.4 Å². The molecular weight excluding hydrogens is 325 g/mol. The number of halogens is 1. The number of hydrogen-bond donors (Lipinski definition) is 2. The van der Waals surface area contributed by atoms with E-state index in [0.29, 0.717) is 5.75 Å². The molecule has 0 aliphatic heterocycles. The molecule has 2 aromatic carbocycles. The quantitative estimate of drug-likeness (QED) is 0.758. The molecule has 5 nitrogen and oxygen atoms in total. The predicted molar refractivity (Wildman–Crippen MR) is 91.7 cm³/mol. The smallest absolute Gasteiger partial charge is 0.326 e. The van der Waals surface area contributed by atoms with Gasteiger partial charge in [0, 0.05) is 18.1 Å². The molecule has 2 N–H and O–H groups in total. The molecule has 130 valence electrons.